The van der Waals surface area contributed by atoms with Crippen molar-refractivity contribution in [1.82, 2.24) is 29.4 Å². The van der Waals surface area contributed by atoms with Crippen molar-refractivity contribution in [2.24, 2.45) is 18.0 Å². The minimum absolute atomic E-state index is 0.0565. The highest BCUT2D eigenvalue weighted by molar-refractivity contribution is 5.94. The molecule has 2 aliphatic rings. The molecule has 12 nitrogen and oxygen atoms in total. The van der Waals surface area contributed by atoms with Crippen LogP contribution in [0.5, 0.6) is 17.4 Å². The first-order chi connectivity index (χ1) is 21.1. The topological polar surface area (TPSA) is 138 Å². The number of hydrogen-bond donors (Lipinski definition) is 2. The van der Waals surface area contributed by atoms with Gasteiger partial charge in [-0.15, -0.1) is 0 Å². The summed E-state index contributed by atoms with van der Waals surface area (Å²) in [6.45, 7) is 7.49. The third kappa shape index (κ3) is 5.59. The fraction of sp³-hybridized carbons (Fsp3) is 0.406. The average Bonchev–Trinajstić information content (AvgIpc) is 3.76. The molecule has 0 radical (unpaired) electrons. The fourth-order valence-electron chi connectivity index (χ4n) is 5.83. The van der Waals surface area contributed by atoms with Gasteiger partial charge in [0.15, 0.2) is 17.2 Å². The van der Waals surface area contributed by atoms with Gasteiger partial charge >= 0.3 is 5.69 Å². The molecule has 4 aromatic rings. The molecule has 6 rings (SSSR count). The van der Waals surface area contributed by atoms with Gasteiger partial charge in [0.1, 0.15) is 5.49 Å². The number of aryl methyl sites for hydroxylation is 5. The Balaban J connectivity index is 1.43. The summed E-state index contributed by atoms with van der Waals surface area (Å²) in [5, 5.41) is 19.9. The third-order valence-corrected chi connectivity index (χ3v) is 8.24. The van der Waals surface area contributed by atoms with Gasteiger partial charge in [-0.3, -0.25) is 13.9 Å². The maximum Gasteiger partial charge on any atom is 0.330 e. The lowest BCUT2D eigenvalue weighted by atomic mass is 9.97. The lowest BCUT2D eigenvalue weighted by Gasteiger charge is -2.25. The van der Waals surface area contributed by atoms with Crippen LogP contribution in [0.25, 0.3) is 11.3 Å². The molecule has 0 atom stereocenters. The summed E-state index contributed by atoms with van der Waals surface area (Å²) in [5.41, 5.74) is 6.83. The Bertz CT molecular complexity index is 1860. The van der Waals surface area contributed by atoms with Gasteiger partial charge < -0.3 is 19.9 Å². The lowest BCUT2D eigenvalue weighted by Crippen LogP contribution is -2.44. The van der Waals surface area contributed by atoms with Crippen molar-refractivity contribution < 1.29 is 19.4 Å². The van der Waals surface area contributed by atoms with Gasteiger partial charge in [-0.25, -0.2) is 14.5 Å². The molecular weight excluding hydrogens is 562 g/mol. The molecule has 0 spiro atoms. The molecule has 2 N–H and O–H groups in total. The lowest BCUT2D eigenvalue weighted by molar-refractivity contribution is 0.0939. The van der Waals surface area contributed by atoms with Crippen molar-refractivity contribution in [3.05, 3.63) is 74.3 Å². The number of amides is 1. The summed E-state index contributed by atoms with van der Waals surface area (Å²) in [6, 6.07) is 10.1. The van der Waals surface area contributed by atoms with Crippen molar-refractivity contribution in [2.45, 2.75) is 53.1 Å². The molecule has 0 bridgehead atoms. The Hall–Kier alpha value is -4.87. The van der Waals surface area contributed by atoms with E-state index in [1.54, 1.807) is 16.2 Å². The highest BCUT2D eigenvalue weighted by atomic mass is 16.5. The molecule has 2 aromatic carbocycles. The van der Waals surface area contributed by atoms with E-state index in [1.165, 1.54) is 24.6 Å². The molecule has 1 aliphatic carbocycles. The molecule has 1 aliphatic heterocycles. The van der Waals surface area contributed by atoms with Gasteiger partial charge in [0.2, 0.25) is 0 Å². The number of aromatic nitrogens is 5. The van der Waals surface area contributed by atoms with Gasteiger partial charge in [-0.2, -0.15) is 0 Å². The molecule has 44 heavy (non-hydrogen) atoms. The van der Waals surface area contributed by atoms with Crippen LogP contribution in [0.1, 0.15) is 45.6 Å². The van der Waals surface area contributed by atoms with Crippen LogP contribution in [0.15, 0.2) is 40.1 Å². The van der Waals surface area contributed by atoms with Crippen LogP contribution in [0, 0.1) is 26.7 Å². The van der Waals surface area contributed by atoms with Crippen molar-refractivity contribution >= 4 is 11.6 Å². The van der Waals surface area contributed by atoms with Crippen LogP contribution in [0.2, 0.25) is 0 Å². The minimum atomic E-state index is -0.543. The van der Waals surface area contributed by atoms with Crippen molar-refractivity contribution in [3.63, 3.8) is 0 Å². The van der Waals surface area contributed by atoms with Crippen molar-refractivity contribution in [1.29, 1.82) is 0 Å². The smallest absolute Gasteiger partial charge is 0.330 e. The van der Waals surface area contributed by atoms with Crippen molar-refractivity contribution in [3.8, 4) is 28.6 Å². The Kier molecular flexibility index (Phi) is 7.74. The van der Waals surface area contributed by atoms with Crippen molar-refractivity contribution in [2.75, 3.05) is 20.3 Å². The maximum atomic E-state index is 14.1. The number of rotatable bonds is 9. The number of nitrogens with one attached hydrogen (secondary N) is 1. The number of nitrogens with zero attached hydrogens (tertiary/aromatic N) is 6. The third-order valence-electron chi connectivity index (χ3n) is 8.24. The van der Waals surface area contributed by atoms with Gasteiger partial charge in [0.05, 0.1) is 25.1 Å². The predicted molar refractivity (Wildman–Crippen MR) is 163 cm³/mol. The number of aromatic hydroxyl groups is 1. The number of benzene rings is 2. The SMILES string of the molecule is COc1cc2c(cc1OCC1CC1)CCn1c-2cc(=Nc2c(C)cc(C)cc2C)n(CCNC(=O)c2c(O)nnn2C)c1=O. The first-order valence-corrected chi connectivity index (χ1v) is 14.8. The van der Waals surface area contributed by atoms with Gasteiger partial charge in [0, 0.05) is 38.3 Å². The summed E-state index contributed by atoms with van der Waals surface area (Å²) in [4.78, 5) is 31.9. The van der Waals surface area contributed by atoms with E-state index in [0.29, 0.717) is 36.7 Å². The predicted octanol–water partition coefficient (Wildman–Crippen LogP) is 3.09. The number of hydrogen-bond acceptors (Lipinski definition) is 8. The molecular formula is C32H37N7O5. The van der Waals surface area contributed by atoms with E-state index in [4.69, 9.17) is 14.5 Å². The van der Waals surface area contributed by atoms with Crippen LogP contribution in [-0.2, 0) is 26.6 Å². The normalized spacial score (nSPS) is 14.2. The zero-order valence-electron chi connectivity index (χ0n) is 25.7. The molecule has 2 aromatic heterocycles. The molecule has 1 saturated carbocycles. The summed E-state index contributed by atoms with van der Waals surface area (Å²) in [6.07, 6.45) is 3.05. The van der Waals surface area contributed by atoms with E-state index < -0.39 is 11.8 Å². The summed E-state index contributed by atoms with van der Waals surface area (Å²) in [5.74, 6) is 0.961. The minimum Gasteiger partial charge on any atom is -0.493 e. The Morgan fingerprint density at radius 2 is 1.86 bits per heavy atom. The zero-order valence-corrected chi connectivity index (χ0v) is 25.7. The van der Waals surface area contributed by atoms with Crippen LogP contribution in [0.4, 0.5) is 5.69 Å². The largest absolute Gasteiger partial charge is 0.493 e. The van der Waals surface area contributed by atoms with Gasteiger partial charge in [0.25, 0.3) is 11.8 Å². The molecule has 0 unspecified atom stereocenters. The summed E-state index contributed by atoms with van der Waals surface area (Å²) >= 11 is 0. The van der Waals surface area contributed by atoms with Gasteiger partial charge in [-0.05, 0) is 74.8 Å². The highest BCUT2D eigenvalue weighted by Gasteiger charge is 2.26. The highest BCUT2D eigenvalue weighted by Crippen LogP contribution is 2.39. The Labute approximate surface area is 254 Å². The zero-order chi connectivity index (χ0) is 31.1. The molecule has 0 saturated heterocycles. The van der Waals surface area contributed by atoms with Gasteiger partial charge in [-0.1, -0.05) is 28.0 Å². The maximum absolute atomic E-state index is 14.1. The first kappa shape index (κ1) is 29.2. The summed E-state index contributed by atoms with van der Waals surface area (Å²) < 4.78 is 16.4. The molecule has 230 valence electrons. The van der Waals surface area contributed by atoms with E-state index in [9.17, 15) is 14.7 Å². The Morgan fingerprint density at radius 3 is 2.52 bits per heavy atom. The van der Waals surface area contributed by atoms with E-state index in [2.05, 4.69) is 27.8 Å². The van der Waals surface area contributed by atoms with Crippen LogP contribution in [-0.4, -0.2) is 55.4 Å². The second-order valence-corrected chi connectivity index (χ2v) is 11.6. The van der Waals surface area contributed by atoms with E-state index in [0.717, 1.165) is 44.9 Å². The standard InChI is InChI=1S/C32H37N7O5/c1-18-12-19(2)28(20(3)13-18)34-27-16-24-23-15-25(43-5)26(44-17-21-6-7-21)14-22(23)8-10-38(24)32(42)39(27)11-9-33-30(40)29-31(41)35-36-37(29)4/h12-16,21,41H,6-11,17H2,1-5H3,(H,33,40). The number of fused-ring (bicyclic) bond motifs is 3. The first-order valence-electron chi connectivity index (χ1n) is 14.8. The van der Waals surface area contributed by atoms with Crippen LogP contribution < -0.4 is 26.0 Å². The number of ether oxygens (including phenoxy) is 2. The molecule has 12 heteroatoms. The summed E-state index contributed by atoms with van der Waals surface area (Å²) in [7, 11) is 3.14. The molecule has 1 amide bonds. The van der Waals surface area contributed by atoms with E-state index in [1.807, 2.05) is 39.0 Å². The van der Waals surface area contributed by atoms with E-state index >= 15 is 0 Å². The van der Waals surface area contributed by atoms with Crippen LogP contribution in [0.3, 0.4) is 0 Å². The number of carbonyl (C=O) groups is 1. The Morgan fingerprint density at radius 1 is 1.11 bits per heavy atom. The molecule has 1 fully saturated rings. The molecule has 3 heterocycles. The quantitative estimate of drug-likeness (QED) is 0.302. The number of methoxy groups -OCH3 is 1. The van der Waals surface area contributed by atoms with E-state index in [-0.39, 0.29) is 24.5 Å². The fourth-order valence-corrected chi connectivity index (χ4v) is 5.83. The number of carbonyl (C=O) groups excluding carboxylic acids is 1. The second-order valence-electron chi connectivity index (χ2n) is 11.6. The van der Waals surface area contributed by atoms with Crippen LogP contribution >= 0.6 is 0 Å². The monoisotopic (exact) mass is 599 g/mol. The second kappa shape index (κ2) is 11.7. The average molecular weight is 600 g/mol.